The molecule has 148 valence electrons. The van der Waals surface area contributed by atoms with E-state index in [1.807, 2.05) is 6.92 Å². The van der Waals surface area contributed by atoms with E-state index in [0.717, 1.165) is 23.3 Å². The molecule has 8 heteroatoms. The predicted molar refractivity (Wildman–Crippen MR) is 110 cm³/mol. The second kappa shape index (κ2) is 8.32. The van der Waals surface area contributed by atoms with Gasteiger partial charge in [-0.05, 0) is 57.4 Å². The number of ether oxygens (including phenoxy) is 1. The summed E-state index contributed by atoms with van der Waals surface area (Å²) in [6, 6.07) is 6.70. The Morgan fingerprint density at radius 2 is 1.93 bits per heavy atom. The molecule has 2 N–H and O–H groups in total. The minimum absolute atomic E-state index is 0.0222. The number of hydrogen-bond acceptors (Lipinski definition) is 5. The summed E-state index contributed by atoms with van der Waals surface area (Å²) >= 11 is 7.24. The van der Waals surface area contributed by atoms with E-state index < -0.39 is 18.0 Å². The molecule has 0 saturated heterocycles. The number of carbonyl (C=O) groups is 3. The zero-order valence-electron chi connectivity index (χ0n) is 15.8. The average molecular weight is 421 g/mol. The van der Waals surface area contributed by atoms with Crippen LogP contribution in [0.25, 0.3) is 0 Å². The number of amides is 2. The maximum atomic E-state index is 12.7. The molecule has 6 nitrogen and oxygen atoms in total. The Morgan fingerprint density at radius 3 is 2.57 bits per heavy atom. The predicted octanol–water partition coefficient (Wildman–Crippen LogP) is 4.55. The van der Waals surface area contributed by atoms with Gasteiger partial charge in [0.2, 0.25) is 5.91 Å². The summed E-state index contributed by atoms with van der Waals surface area (Å²) in [5.74, 6) is -1.17. The van der Waals surface area contributed by atoms with Gasteiger partial charge in [0.15, 0.2) is 6.10 Å². The number of carbonyl (C=O) groups excluding carboxylic acids is 3. The molecule has 1 aromatic heterocycles. The van der Waals surface area contributed by atoms with E-state index in [4.69, 9.17) is 16.3 Å². The van der Waals surface area contributed by atoms with Crippen LogP contribution in [-0.4, -0.2) is 23.9 Å². The summed E-state index contributed by atoms with van der Waals surface area (Å²) in [6.45, 7) is 5.17. The molecular weight excluding hydrogens is 400 g/mol. The second-order valence-electron chi connectivity index (χ2n) is 6.80. The van der Waals surface area contributed by atoms with Crippen molar-refractivity contribution >= 4 is 51.4 Å². The largest absolute Gasteiger partial charge is 0.449 e. The highest BCUT2D eigenvalue weighted by molar-refractivity contribution is 7.16. The number of hydrogen-bond donors (Lipinski definition) is 2. The lowest BCUT2D eigenvalue weighted by molar-refractivity contribution is -0.123. The van der Waals surface area contributed by atoms with Gasteiger partial charge in [-0.3, -0.25) is 9.59 Å². The van der Waals surface area contributed by atoms with E-state index in [9.17, 15) is 14.4 Å². The first-order valence-electron chi connectivity index (χ1n) is 8.94. The average Bonchev–Trinajstić information content (AvgIpc) is 3.42. The summed E-state index contributed by atoms with van der Waals surface area (Å²) in [7, 11) is 0. The number of rotatable bonds is 6. The second-order valence-corrected chi connectivity index (χ2v) is 8.46. The van der Waals surface area contributed by atoms with Gasteiger partial charge in [0, 0.05) is 21.5 Å². The smallest absolute Gasteiger partial charge is 0.342 e. The van der Waals surface area contributed by atoms with Crippen molar-refractivity contribution in [2.45, 2.75) is 39.7 Å². The fraction of sp³-hybridized carbons (Fsp3) is 0.350. The van der Waals surface area contributed by atoms with Crippen LogP contribution in [0.4, 0.5) is 10.7 Å². The molecule has 0 radical (unpaired) electrons. The Balaban J connectivity index is 1.69. The molecule has 28 heavy (non-hydrogen) atoms. The first kappa shape index (κ1) is 20.4. The standard InChI is InChI=1S/C20H21ClN2O4S/c1-10-12(3)28-19(23-18(25)13-7-8-13)16(10)20(26)27-11(2)17(24)22-15-6-4-5-14(21)9-15/h4-6,9,11,13H,7-8H2,1-3H3,(H,22,24)(H,23,25). The van der Waals surface area contributed by atoms with Gasteiger partial charge in [0.25, 0.3) is 5.91 Å². The molecule has 2 amide bonds. The molecule has 1 atom stereocenters. The Bertz CT molecular complexity index is 936. The van der Waals surface area contributed by atoms with E-state index in [1.165, 1.54) is 18.3 Å². The first-order chi connectivity index (χ1) is 13.3. The number of esters is 1. The highest BCUT2D eigenvalue weighted by atomic mass is 35.5. The molecule has 1 heterocycles. The number of nitrogens with one attached hydrogen (secondary N) is 2. The SMILES string of the molecule is Cc1sc(NC(=O)C2CC2)c(C(=O)OC(C)C(=O)Nc2cccc(Cl)c2)c1C. The van der Waals surface area contributed by atoms with Crippen molar-refractivity contribution in [1.29, 1.82) is 0 Å². The van der Waals surface area contributed by atoms with Gasteiger partial charge in [-0.2, -0.15) is 0 Å². The van der Waals surface area contributed by atoms with Crippen LogP contribution in [-0.2, 0) is 14.3 Å². The van der Waals surface area contributed by atoms with Crippen molar-refractivity contribution in [3.63, 3.8) is 0 Å². The zero-order valence-corrected chi connectivity index (χ0v) is 17.4. The fourth-order valence-electron chi connectivity index (χ4n) is 2.60. The molecule has 0 aliphatic heterocycles. The molecule has 1 unspecified atom stereocenters. The van der Waals surface area contributed by atoms with Gasteiger partial charge in [0.1, 0.15) is 5.00 Å². The van der Waals surface area contributed by atoms with Gasteiger partial charge in [0.05, 0.1) is 5.56 Å². The molecule has 1 saturated carbocycles. The van der Waals surface area contributed by atoms with Crippen molar-refractivity contribution in [3.05, 3.63) is 45.3 Å². The van der Waals surface area contributed by atoms with E-state index >= 15 is 0 Å². The Morgan fingerprint density at radius 1 is 1.21 bits per heavy atom. The molecule has 2 aromatic rings. The quantitative estimate of drug-likeness (QED) is 0.671. The normalized spacial score (nSPS) is 14.3. The molecule has 3 rings (SSSR count). The van der Waals surface area contributed by atoms with Crippen molar-refractivity contribution in [1.82, 2.24) is 0 Å². The van der Waals surface area contributed by atoms with Gasteiger partial charge in [-0.15, -0.1) is 11.3 Å². The Labute approximate surface area is 172 Å². The van der Waals surface area contributed by atoms with Crippen LogP contribution in [0, 0.1) is 19.8 Å². The molecule has 0 bridgehead atoms. The van der Waals surface area contributed by atoms with Crippen molar-refractivity contribution in [2.75, 3.05) is 10.6 Å². The van der Waals surface area contributed by atoms with Crippen molar-refractivity contribution in [3.8, 4) is 0 Å². The van der Waals surface area contributed by atoms with Crippen LogP contribution in [0.5, 0.6) is 0 Å². The fourth-order valence-corrected chi connectivity index (χ4v) is 3.85. The van der Waals surface area contributed by atoms with Crippen LogP contribution in [0.1, 0.15) is 40.6 Å². The monoisotopic (exact) mass is 420 g/mol. The van der Waals surface area contributed by atoms with E-state index in [0.29, 0.717) is 21.3 Å². The van der Waals surface area contributed by atoms with Gasteiger partial charge in [-0.1, -0.05) is 17.7 Å². The number of thiophene rings is 1. The maximum absolute atomic E-state index is 12.7. The summed E-state index contributed by atoms with van der Waals surface area (Å²) < 4.78 is 5.36. The number of anilines is 2. The number of benzene rings is 1. The topological polar surface area (TPSA) is 84.5 Å². The number of halogens is 1. The van der Waals surface area contributed by atoms with Gasteiger partial charge >= 0.3 is 5.97 Å². The molecule has 1 fully saturated rings. The lowest BCUT2D eigenvalue weighted by atomic mass is 10.1. The Kier molecular flexibility index (Phi) is 6.05. The van der Waals surface area contributed by atoms with Crippen LogP contribution >= 0.6 is 22.9 Å². The lowest BCUT2D eigenvalue weighted by Gasteiger charge is -2.14. The van der Waals surface area contributed by atoms with Crippen molar-refractivity contribution in [2.24, 2.45) is 5.92 Å². The van der Waals surface area contributed by atoms with Crippen molar-refractivity contribution < 1.29 is 19.1 Å². The minimum Gasteiger partial charge on any atom is -0.449 e. The van der Waals surface area contributed by atoms with Gasteiger partial charge < -0.3 is 15.4 Å². The van der Waals surface area contributed by atoms with Crippen LogP contribution in [0.15, 0.2) is 24.3 Å². The summed E-state index contributed by atoms with van der Waals surface area (Å²) in [4.78, 5) is 38.1. The zero-order chi connectivity index (χ0) is 20.4. The summed E-state index contributed by atoms with van der Waals surface area (Å²) in [6.07, 6.45) is 0.726. The highest BCUT2D eigenvalue weighted by Gasteiger charge is 2.32. The third-order valence-electron chi connectivity index (χ3n) is 4.52. The van der Waals surface area contributed by atoms with E-state index in [-0.39, 0.29) is 11.8 Å². The molecule has 0 spiro atoms. The molecule has 1 aromatic carbocycles. The van der Waals surface area contributed by atoms with E-state index in [1.54, 1.807) is 31.2 Å². The molecular formula is C20H21ClN2O4S. The minimum atomic E-state index is -1.02. The Hall–Kier alpha value is -2.38. The summed E-state index contributed by atoms with van der Waals surface area (Å²) in [5, 5.41) is 6.45. The maximum Gasteiger partial charge on any atom is 0.342 e. The first-order valence-corrected chi connectivity index (χ1v) is 10.1. The summed E-state index contributed by atoms with van der Waals surface area (Å²) in [5.41, 5.74) is 1.56. The number of aryl methyl sites for hydroxylation is 1. The highest BCUT2D eigenvalue weighted by Crippen LogP contribution is 2.36. The lowest BCUT2D eigenvalue weighted by Crippen LogP contribution is -2.30. The molecule has 1 aliphatic carbocycles. The van der Waals surface area contributed by atoms with Crippen LogP contribution in [0.2, 0.25) is 5.02 Å². The van der Waals surface area contributed by atoms with Gasteiger partial charge in [-0.25, -0.2) is 4.79 Å². The van der Waals surface area contributed by atoms with E-state index in [2.05, 4.69) is 10.6 Å². The third kappa shape index (κ3) is 4.72. The third-order valence-corrected chi connectivity index (χ3v) is 5.88. The van der Waals surface area contributed by atoms with Crippen LogP contribution in [0.3, 0.4) is 0 Å². The molecule has 1 aliphatic rings. The van der Waals surface area contributed by atoms with Crippen LogP contribution < -0.4 is 10.6 Å².